The van der Waals surface area contributed by atoms with E-state index in [1.165, 1.54) is 33.0 Å². The molecular weight excluding hydrogens is 350 g/mol. The van der Waals surface area contributed by atoms with Crippen LogP contribution in [0.1, 0.15) is 0 Å². The Hall–Kier alpha value is -3.84. The largest absolute Gasteiger partial charge is 0.355 e. The van der Waals surface area contributed by atoms with Crippen LogP contribution in [0, 0.1) is 0 Å². The fraction of sp³-hybridized carbons (Fsp3) is 0. The van der Waals surface area contributed by atoms with E-state index in [-0.39, 0.29) is 0 Å². The number of nitrogens with one attached hydrogen (secondary N) is 1. The molecule has 1 heteroatoms. The summed E-state index contributed by atoms with van der Waals surface area (Å²) in [7, 11) is 0. The molecule has 0 heterocycles. The van der Waals surface area contributed by atoms with E-state index < -0.39 is 0 Å². The predicted molar refractivity (Wildman–Crippen MR) is 125 cm³/mol. The first kappa shape index (κ1) is 17.3. The van der Waals surface area contributed by atoms with Gasteiger partial charge in [-0.25, -0.2) is 0 Å². The Morgan fingerprint density at radius 1 is 0.414 bits per heavy atom. The maximum atomic E-state index is 3.61. The summed E-state index contributed by atoms with van der Waals surface area (Å²) in [6.07, 6.45) is 0. The van der Waals surface area contributed by atoms with Crippen molar-refractivity contribution in [2.75, 3.05) is 5.32 Å². The van der Waals surface area contributed by atoms with E-state index in [4.69, 9.17) is 0 Å². The monoisotopic (exact) mass is 371 g/mol. The number of benzene rings is 5. The Morgan fingerprint density at radius 3 is 1.83 bits per heavy atom. The van der Waals surface area contributed by atoms with Gasteiger partial charge >= 0.3 is 0 Å². The van der Waals surface area contributed by atoms with E-state index in [1.54, 1.807) is 0 Å². The number of anilines is 2. The molecule has 0 aliphatic heterocycles. The van der Waals surface area contributed by atoms with E-state index in [0.717, 1.165) is 11.4 Å². The third-order valence-corrected chi connectivity index (χ3v) is 5.24. The molecule has 5 rings (SSSR count). The summed E-state index contributed by atoms with van der Waals surface area (Å²) >= 11 is 0. The molecule has 0 saturated carbocycles. The summed E-state index contributed by atoms with van der Waals surface area (Å²) in [6, 6.07) is 42.6. The van der Waals surface area contributed by atoms with Crippen LogP contribution in [0.25, 0.3) is 33.0 Å². The van der Waals surface area contributed by atoms with Crippen molar-refractivity contribution in [3.05, 3.63) is 121 Å². The van der Waals surface area contributed by atoms with Crippen LogP contribution >= 0.6 is 0 Å². The molecule has 0 bridgehead atoms. The predicted octanol–water partition coefficient (Wildman–Crippen LogP) is 7.92. The quantitative estimate of drug-likeness (QED) is 0.338. The normalized spacial score (nSPS) is 10.8. The summed E-state index contributed by atoms with van der Waals surface area (Å²) in [5, 5.41) is 6.08. The molecule has 0 unspecified atom stereocenters. The SMILES string of the molecule is c1ccc(-c2ccc3cc(Nc4ccccc4-c4ccccc4)ccc3c2)cc1. The van der Waals surface area contributed by atoms with Gasteiger partial charge in [-0.15, -0.1) is 0 Å². The highest BCUT2D eigenvalue weighted by Crippen LogP contribution is 2.32. The second-order valence-corrected chi connectivity index (χ2v) is 7.18. The number of hydrogen-bond acceptors (Lipinski definition) is 1. The molecule has 0 aromatic heterocycles. The third kappa shape index (κ3) is 3.63. The molecule has 5 aromatic rings. The molecular formula is C28H21N. The van der Waals surface area contributed by atoms with Gasteiger partial charge < -0.3 is 5.32 Å². The van der Waals surface area contributed by atoms with Gasteiger partial charge in [0.25, 0.3) is 0 Å². The summed E-state index contributed by atoms with van der Waals surface area (Å²) in [5.41, 5.74) is 7.10. The standard InChI is InChI=1S/C28H21N/c1-3-9-21(10-4-1)23-15-16-25-20-26(18-17-24(25)19-23)29-28-14-8-7-13-27(28)22-11-5-2-6-12-22/h1-20,29H. The maximum Gasteiger partial charge on any atom is 0.0463 e. The van der Waals surface area contributed by atoms with Crippen LogP contribution in [0.2, 0.25) is 0 Å². The number of para-hydroxylation sites is 1. The minimum atomic E-state index is 1.09. The fourth-order valence-electron chi connectivity index (χ4n) is 3.75. The van der Waals surface area contributed by atoms with Crippen molar-refractivity contribution in [3.63, 3.8) is 0 Å². The first-order valence-electron chi connectivity index (χ1n) is 9.87. The van der Waals surface area contributed by atoms with Crippen molar-refractivity contribution >= 4 is 22.1 Å². The molecule has 138 valence electrons. The van der Waals surface area contributed by atoms with Crippen LogP contribution in [-0.4, -0.2) is 0 Å². The zero-order chi connectivity index (χ0) is 19.5. The van der Waals surface area contributed by atoms with Crippen molar-refractivity contribution < 1.29 is 0 Å². The van der Waals surface area contributed by atoms with Gasteiger partial charge in [0.1, 0.15) is 0 Å². The fourth-order valence-corrected chi connectivity index (χ4v) is 3.75. The van der Waals surface area contributed by atoms with Crippen LogP contribution in [0.4, 0.5) is 11.4 Å². The highest BCUT2D eigenvalue weighted by molar-refractivity contribution is 5.91. The smallest absolute Gasteiger partial charge is 0.0463 e. The number of fused-ring (bicyclic) bond motifs is 1. The molecule has 1 N–H and O–H groups in total. The van der Waals surface area contributed by atoms with E-state index in [0.29, 0.717) is 0 Å². The van der Waals surface area contributed by atoms with Crippen LogP contribution in [-0.2, 0) is 0 Å². The molecule has 0 atom stereocenters. The Balaban J connectivity index is 1.48. The lowest BCUT2D eigenvalue weighted by atomic mass is 10.0. The third-order valence-electron chi connectivity index (χ3n) is 5.24. The average Bonchev–Trinajstić information content (AvgIpc) is 2.80. The molecule has 5 aromatic carbocycles. The molecule has 0 amide bonds. The van der Waals surface area contributed by atoms with Crippen molar-refractivity contribution in [3.8, 4) is 22.3 Å². The number of rotatable bonds is 4. The van der Waals surface area contributed by atoms with E-state index in [9.17, 15) is 0 Å². The van der Waals surface area contributed by atoms with Gasteiger partial charge in [0.2, 0.25) is 0 Å². The Labute approximate surface area is 171 Å². The highest BCUT2D eigenvalue weighted by Gasteiger charge is 2.06. The molecule has 0 aliphatic rings. The van der Waals surface area contributed by atoms with Gasteiger partial charge in [0.05, 0.1) is 0 Å². The van der Waals surface area contributed by atoms with Gasteiger partial charge in [0.15, 0.2) is 0 Å². The molecule has 0 saturated heterocycles. The molecule has 1 nitrogen and oxygen atoms in total. The average molecular weight is 371 g/mol. The second-order valence-electron chi connectivity index (χ2n) is 7.18. The van der Waals surface area contributed by atoms with Gasteiger partial charge in [-0.1, -0.05) is 97.1 Å². The van der Waals surface area contributed by atoms with E-state index in [1.807, 2.05) is 6.07 Å². The minimum absolute atomic E-state index is 1.09. The van der Waals surface area contributed by atoms with Crippen LogP contribution in [0.15, 0.2) is 121 Å². The first-order valence-corrected chi connectivity index (χ1v) is 9.87. The van der Waals surface area contributed by atoms with Crippen LogP contribution in [0.5, 0.6) is 0 Å². The lowest BCUT2D eigenvalue weighted by Gasteiger charge is -2.13. The van der Waals surface area contributed by atoms with E-state index >= 15 is 0 Å². The summed E-state index contributed by atoms with van der Waals surface area (Å²) < 4.78 is 0. The summed E-state index contributed by atoms with van der Waals surface area (Å²) in [5.74, 6) is 0. The zero-order valence-corrected chi connectivity index (χ0v) is 16.0. The summed E-state index contributed by atoms with van der Waals surface area (Å²) in [4.78, 5) is 0. The highest BCUT2D eigenvalue weighted by atomic mass is 14.9. The summed E-state index contributed by atoms with van der Waals surface area (Å²) in [6.45, 7) is 0. The Bertz CT molecular complexity index is 1260. The van der Waals surface area contributed by atoms with Crippen molar-refractivity contribution in [1.29, 1.82) is 0 Å². The zero-order valence-electron chi connectivity index (χ0n) is 16.0. The molecule has 0 radical (unpaired) electrons. The molecule has 0 aliphatic carbocycles. The van der Waals surface area contributed by atoms with Crippen LogP contribution in [0.3, 0.4) is 0 Å². The van der Waals surface area contributed by atoms with E-state index in [2.05, 4.69) is 121 Å². The first-order chi connectivity index (χ1) is 14.4. The minimum Gasteiger partial charge on any atom is -0.355 e. The van der Waals surface area contributed by atoms with Crippen molar-refractivity contribution in [2.45, 2.75) is 0 Å². The van der Waals surface area contributed by atoms with Crippen LogP contribution < -0.4 is 5.32 Å². The van der Waals surface area contributed by atoms with Crippen molar-refractivity contribution in [1.82, 2.24) is 0 Å². The molecule has 29 heavy (non-hydrogen) atoms. The lowest BCUT2D eigenvalue weighted by molar-refractivity contribution is 1.54. The van der Waals surface area contributed by atoms with Gasteiger partial charge in [-0.2, -0.15) is 0 Å². The van der Waals surface area contributed by atoms with Gasteiger partial charge in [-0.05, 0) is 51.7 Å². The molecule has 0 fully saturated rings. The number of hydrogen-bond donors (Lipinski definition) is 1. The second kappa shape index (κ2) is 7.65. The maximum absolute atomic E-state index is 3.61. The Kier molecular flexibility index (Phi) is 4.56. The van der Waals surface area contributed by atoms with Gasteiger partial charge in [-0.3, -0.25) is 0 Å². The lowest BCUT2D eigenvalue weighted by Crippen LogP contribution is -1.93. The van der Waals surface area contributed by atoms with Crippen molar-refractivity contribution in [2.24, 2.45) is 0 Å². The molecule has 0 spiro atoms. The Morgan fingerprint density at radius 2 is 1.03 bits per heavy atom. The topological polar surface area (TPSA) is 12.0 Å². The van der Waals surface area contributed by atoms with Gasteiger partial charge in [0, 0.05) is 16.9 Å².